The lowest BCUT2D eigenvalue weighted by Crippen LogP contribution is -2.18. The predicted molar refractivity (Wildman–Crippen MR) is 61.9 cm³/mol. The van der Waals surface area contributed by atoms with Gasteiger partial charge in [-0.05, 0) is 55.6 Å². The van der Waals surface area contributed by atoms with E-state index in [-0.39, 0.29) is 0 Å². The Morgan fingerprint density at radius 2 is 1.80 bits per heavy atom. The van der Waals surface area contributed by atoms with Gasteiger partial charge in [-0.25, -0.2) is 0 Å². The van der Waals surface area contributed by atoms with Crippen LogP contribution in [0.15, 0.2) is 12.1 Å². The van der Waals surface area contributed by atoms with E-state index in [2.05, 4.69) is 0 Å². The first-order valence-corrected chi connectivity index (χ1v) is 5.30. The molecular formula is C11H12Cl2O2. The van der Waals surface area contributed by atoms with Crippen molar-refractivity contribution in [1.29, 1.82) is 0 Å². The summed E-state index contributed by atoms with van der Waals surface area (Å²) in [5.41, 5.74) is 1.83. The fourth-order valence-electron chi connectivity index (χ4n) is 1.22. The summed E-state index contributed by atoms with van der Waals surface area (Å²) in [7, 11) is 0. The van der Waals surface area contributed by atoms with Gasteiger partial charge in [-0.3, -0.25) is 4.79 Å². The van der Waals surface area contributed by atoms with E-state index in [1.807, 2.05) is 13.8 Å². The number of hydrogen-bond acceptors (Lipinski definition) is 2. The van der Waals surface area contributed by atoms with Crippen molar-refractivity contribution in [2.24, 2.45) is 0 Å². The standard InChI is InChI=1S/C11H12Cl2O2/c1-6-4-9(5-7(2)10(6)12)15-8(3)11(13)14/h4-5,8H,1-3H3/t8-/m1/s1. The minimum Gasteiger partial charge on any atom is -0.482 e. The van der Waals surface area contributed by atoms with Gasteiger partial charge in [-0.1, -0.05) is 11.6 Å². The topological polar surface area (TPSA) is 26.3 Å². The molecule has 0 spiro atoms. The molecule has 0 heterocycles. The van der Waals surface area contributed by atoms with Crippen LogP contribution >= 0.6 is 23.2 Å². The molecule has 0 radical (unpaired) electrons. The van der Waals surface area contributed by atoms with Gasteiger partial charge in [0, 0.05) is 5.02 Å². The fraction of sp³-hybridized carbons (Fsp3) is 0.364. The van der Waals surface area contributed by atoms with Crippen LogP contribution in [0.2, 0.25) is 5.02 Å². The average Bonchev–Trinajstić information content (AvgIpc) is 2.13. The molecule has 1 aromatic carbocycles. The van der Waals surface area contributed by atoms with Crippen molar-refractivity contribution < 1.29 is 9.53 Å². The molecule has 15 heavy (non-hydrogen) atoms. The first kappa shape index (κ1) is 12.3. The molecule has 0 saturated carbocycles. The van der Waals surface area contributed by atoms with Crippen LogP contribution in [-0.4, -0.2) is 11.3 Å². The van der Waals surface area contributed by atoms with Gasteiger partial charge >= 0.3 is 0 Å². The van der Waals surface area contributed by atoms with Gasteiger partial charge in [-0.2, -0.15) is 0 Å². The fourth-order valence-corrected chi connectivity index (χ4v) is 1.38. The van der Waals surface area contributed by atoms with Crippen LogP contribution in [0.3, 0.4) is 0 Å². The molecule has 2 nitrogen and oxygen atoms in total. The van der Waals surface area contributed by atoms with Crippen molar-refractivity contribution in [3.63, 3.8) is 0 Å². The van der Waals surface area contributed by atoms with E-state index in [0.29, 0.717) is 10.8 Å². The maximum Gasteiger partial charge on any atom is 0.262 e. The van der Waals surface area contributed by atoms with Gasteiger partial charge in [-0.15, -0.1) is 0 Å². The van der Waals surface area contributed by atoms with Crippen molar-refractivity contribution in [2.75, 3.05) is 0 Å². The Hall–Kier alpha value is -0.730. The number of halogens is 2. The van der Waals surface area contributed by atoms with E-state index >= 15 is 0 Å². The van der Waals surface area contributed by atoms with E-state index in [9.17, 15) is 4.79 Å². The maximum absolute atomic E-state index is 10.8. The van der Waals surface area contributed by atoms with Gasteiger partial charge in [0.05, 0.1) is 0 Å². The first-order chi connectivity index (χ1) is 6.91. The lowest BCUT2D eigenvalue weighted by molar-refractivity contribution is -0.117. The molecule has 4 heteroatoms. The van der Waals surface area contributed by atoms with Crippen LogP contribution in [0.25, 0.3) is 0 Å². The zero-order chi connectivity index (χ0) is 11.6. The highest BCUT2D eigenvalue weighted by Gasteiger charge is 2.12. The Bertz CT molecular complexity index is 365. The largest absolute Gasteiger partial charge is 0.482 e. The molecule has 0 aliphatic rings. The average molecular weight is 247 g/mol. The molecule has 0 aliphatic heterocycles. The lowest BCUT2D eigenvalue weighted by Gasteiger charge is -2.12. The number of hydrogen-bond donors (Lipinski definition) is 0. The molecule has 1 rings (SSSR count). The van der Waals surface area contributed by atoms with Gasteiger partial charge in [0.2, 0.25) is 0 Å². The minimum absolute atomic E-state index is 0.514. The molecule has 0 amide bonds. The third kappa shape index (κ3) is 3.11. The van der Waals surface area contributed by atoms with E-state index in [4.69, 9.17) is 27.9 Å². The molecule has 82 valence electrons. The highest BCUT2D eigenvalue weighted by atomic mass is 35.5. The van der Waals surface area contributed by atoms with Crippen LogP contribution in [0, 0.1) is 13.8 Å². The van der Waals surface area contributed by atoms with Crippen molar-refractivity contribution in [2.45, 2.75) is 26.9 Å². The highest BCUT2D eigenvalue weighted by molar-refractivity contribution is 6.64. The quantitative estimate of drug-likeness (QED) is 0.764. The Kier molecular flexibility index (Phi) is 4.00. The monoisotopic (exact) mass is 246 g/mol. The van der Waals surface area contributed by atoms with Gasteiger partial charge in [0.25, 0.3) is 5.24 Å². The van der Waals surface area contributed by atoms with Crippen molar-refractivity contribution >= 4 is 28.4 Å². The van der Waals surface area contributed by atoms with Gasteiger partial charge in [0.1, 0.15) is 5.75 Å². The molecule has 0 aromatic heterocycles. The third-order valence-corrected chi connectivity index (χ3v) is 2.95. The summed E-state index contributed by atoms with van der Waals surface area (Å²) in [4.78, 5) is 10.8. The Morgan fingerprint density at radius 3 is 2.20 bits per heavy atom. The molecule has 0 bridgehead atoms. The molecule has 0 unspecified atom stereocenters. The van der Waals surface area contributed by atoms with E-state index in [1.54, 1.807) is 19.1 Å². The maximum atomic E-state index is 10.8. The summed E-state index contributed by atoms with van der Waals surface area (Å²) in [6.45, 7) is 5.37. The third-order valence-electron chi connectivity index (χ3n) is 2.04. The summed E-state index contributed by atoms with van der Waals surface area (Å²) < 4.78 is 5.35. The van der Waals surface area contributed by atoms with E-state index in [1.165, 1.54) is 0 Å². The summed E-state index contributed by atoms with van der Waals surface area (Å²) in [6.07, 6.45) is -0.647. The smallest absolute Gasteiger partial charge is 0.262 e. The van der Waals surface area contributed by atoms with Crippen LogP contribution in [0.5, 0.6) is 5.75 Å². The normalized spacial score (nSPS) is 12.3. The summed E-state index contributed by atoms with van der Waals surface area (Å²) in [5.74, 6) is 0.607. The van der Waals surface area contributed by atoms with E-state index in [0.717, 1.165) is 11.1 Å². The summed E-state index contributed by atoms with van der Waals surface area (Å²) in [5, 5.41) is 0.201. The van der Waals surface area contributed by atoms with Crippen molar-refractivity contribution in [3.05, 3.63) is 28.3 Å². The number of carbonyl (C=O) groups is 1. The van der Waals surface area contributed by atoms with Crippen LogP contribution in [0.1, 0.15) is 18.1 Å². The number of carbonyl (C=O) groups excluding carboxylic acids is 1. The molecule has 0 aliphatic carbocycles. The summed E-state index contributed by atoms with van der Waals surface area (Å²) in [6, 6.07) is 3.57. The highest BCUT2D eigenvalue weighted by Crippen LogP contribution is 2.26. The molecular weight excluding hydrogens is 235 g/mol. The Balaban J connectivity index is 2.92. The van der Waals surface area contributed by atoms with E-state index < -0.39 is 11.3 Å². The Labute approximate surface area is 99.1 Å². The zero-order valence-electron chi connectivity index (χ0n) is 8.80. The second-order valence-corrected chi connectivity index (χ2v) is 4.19. The van der Waals surface area contributed by atoms with Gasteiger partial charge in [0.15, 0.2) is 6.10 Å². The first-order valence-electron chi connectivity index (χ1n) is 4.54. The molecule has 0 saturated heterocycles. The molecule has 1 atom stereocenters. The molecule has 0 fully saturated rings. The number of rotatable bonds is 3. The number of aryl methyl sites for hydroxylation is 2. The molecule has 0 N–H and O–H groups in total. The van der Waals surface area contributed by atoms with Crippen LogP contribution in [0.4, 0.5) is 0 Å². The lowest BCUT2D eigenvalue weighted by atomic mass is 10.1. The van der Waals surface area contributed by atoms with Crippen molar-refractivity contribution in [3.8, 4) is 5.75 Å². The SMILES string of the molecule is Cc1cc(O[C@H](C)C(=O)Cl)cc(C)c1Cl. The molecule has 1 aromatic rings. The predicted octanol–water partition coefficient (Wildman–Crippen LogP) is 3.49. The minimum atomic E-state index is -0.647. The Morgan fingerprint density at radius 1 is 1.33 bits per heavy atom. The second kappa shape index (κ2) is 4.86. The number of benzene rings is 1. The zero-order valence-corrected chi connectivity index (χ0v) is 10.3. The number of ether oxygens (including phenoxy) is 1. The van der Waals surface area contributed by atoms with Crippen LogP contribution < -0.4 is 4.74 Å². The van der Waals surface area contributed by atoms with Crippen LogP contribution in [-0.2, 0) is 4.79 Å². The van der Waals surface area contributed by atoms with Crippen molar-refractivity contribution in [1.82, 2.24) is 0 Å². The second-order valence-electron chi connectivity index (χ2n) is 3.44. The van der Waals surface area contributed by atoms with Gasteiger partial charge < -0.3 is 4.74 Å². The summed E-state index contributed by atoms with van der Waals surface area (Å²) >= 11 is 11.3.